The highest BCUT2D eigenvalue weighted by Crippen LogP contribution is 2.29. The fourth-order valence-electron chi connectivity index (χ4n) is 3.17. The molecule has 2 aromatic carbocycles. The van der Waals surface area contributed by atoms with Gasteiger partial charge in [0.25, 0.3) is 0 Å². The number of aliphatic carboxylic acids is 1. The maximum absolute atomic E-state index is 13.0. The molecule has 1 heterocycles. The van der Waals surface area contributed by atoms with E-state index in [1.807, 2.05) is 0 Å². The predicted molar refractivity (Wildman–Crippen MR) is 100 cm³/mol. The Labute approximate surface area is 167 Å². The number of nitrogens with one attached hydrogen (secondary N) is 1. The molecule has 10 heteroatoms. The Hall–Kier alpha value is -2.98. The highest BCUT2D eigenvalue weighted by molar-refractivity contribution is 7.89. The van der Waals surface area contributed by atoms with Crippen LogP contribution in [-0.4, -0.2) is 47.8 Å². The molecular formula is C19H19FN2O6S. The van der Waals surface area contributed by atoms with Crippen molar-refractivity contribution in [3.8, 4) is 11.5 Å². The fraction of sp³-hybridized carbons (Fsp3) is 0.263. The van der Waals surface area contributed by atoms with E-state index >= 15 is 0 Å². The average Bonchev–Trinajstić information content (AvgIpc) is 2.62. The standard InChI is InChI=1S/C19H19FN2O6S/c1-19(2)17(18(24)25)22(11-16(23)21-19)29(26,27)15-9-7-14(8-10-15)28-13-5-3-12(20)4-6-13/h3-10,17H,11H2,1-2H3,(H,21,23)(H,24,25). The number of nitrogens with zero attached hydrogens (tertiary/aromatic N) is 1. The van der Waals surface area contributed by atoms with Gasteiger partial charge in [0.05, 0.1) is 17.0 Å². The van der Waals surface area contributed by atoms with E-state index in [2.05, 4.69) is 5.32 Å². The monoisotopic (exact) mass is 422 g/mol. The van der Waals surface area contributed by atoms with E-state index in [1.165, 1.54) is 62.4 Å². The minimum absolute atomic E-state index is 0.180. The van der Waals surface area contributed by atoms with Crippen LogP contribution in [0.3, 0.4) is 0 Å². The Bertz CT molecular complexity index is 1040. The van der Waals surface area contributed by atoms with E-state index in [9.17, 15) is 27.5 Å². The van der Waals surface area contributed by atoms with Gasteiger partial charge in [0, 0.05) is 0 Å². The molecule has 0 bridgehead atoms. The molecule has 1 saturated heterocycles. The summed E-state index contributed by atoms with van der Waals surface area (Å²) in [6, 6.07) is 9.12. The van der Waals surface area contributed by atoms with Crippen molar-refractivity contribution in [3.05, 3.63) is 54.3 Å². The van der Waals surface area contributed by atoms with E-state index in [1.54, 1.807) is 0 Å². The normalized spacial score (nSPS) is 19.4. The lowest BCUT2D eigenvalue weighted by molar-refractivity contribution is -0.147. The average molecular weight is 422 g/mol. The summed E-state index contributed by atoms with van der Waals surface area (Å²) in [6.07, 6.45) is 0. The third-order valence-corrected chi connectivity index (χ3v) is 6.27. The maximum Gasteiger partial charge on any atom is 0.324 e. The van der Waals surface area contributed by atoms with Gasteiger partial charge in [-0.15, -0.1) is 0 Å². The molecule has 2 N–H and O–H groups in total. The first-order valence-electron chi connectivity index (χ1n) is 8.60. The van der Waals surface area contributed by atoms with Crippen LogP contribution in [-0.2, 0) is 19.6 Å². The van der Waals surface area contributed by atoms with Crippen LogP contribution < -0.4 is 10.1 Å². The summed E-state index contributed by atoms with van der Waals surface area (Å²) in [5, 5.41) is 12.1. The number of halogens is 1. The van der Waals surface area contributed by atoms with E-state index in [0.717, 1.165) is 0 Å². The van der Waals surface area contributed by atoms with Gasteiger partial charge in [0.1, 0.15) is 23.4 Å². The minimum atomic E-state index is -4.27. The van der Waals surface area contributed by atoms with Crippen LogP contribution in [0.15, 0.2) is 53.4 Å². The van der Waals surface area contributed by atoms with E-state index in [4.69, 9.17) is 4.74 Å². The molecule has 0 spiro atoms. The molecule has 2 aromatic rings. The number of hydrogen-bond acceptors (Lipinski definition) is 5. The Morgan fingerprint density at radius 3 is 2.17 bits per heavy atom. The zero-order valence-electron chi connectivity index (χ0n) is 15.6. The Morgan fingerprint density at radius 2 is 1.66 bits per heavy atom. The molecule has 3 rings (SSSR count). The molecule has 1 unspecified atom stereocenters. The van der Waals surface area contributed by atoms with E-state index in [0.29, 0.717) is 15.8 Å². The fourth-order valence-corrected chi connectivity index (χ4v) is 4.84. The summed E-state index contributed by atoms with van der Waals surface area (Å²) in [4.78, 5) is 23.5. The highest BCUT2D eigenvalue weighted by atomic mass is 32.2. The number of hydrogen-bond donors (Lipinski definition) is 2. The van der Waals surface area contributed by atoms with Crippen LogP contribution in [0.1, 0.15) is 13.8 Å². The molecule has 29 heavy (non-hydrogen) atoms. The Balaban J connectivity index is 1.89. The van der Waals surface area contributed by atoms with Crippen LogP contribution in [0, 0.1) is 5.82 Å². The van der Waals surface area contributed by atoms with Crippen molar-refractivity contribution < 1.29 is 32.2 Å². The Morgan fingerprint density at radius 1 is 1.14 bits per heavy atom. The van der Waals surface area contributed by atoms with Crippen molar-refractivity contribution in [1.82, 2.24) is 9.62 Å². The number of carbonyl (C=O) groups excluding carboxylic acids is 1. The number of benzene rings is 2. The number of sulfonamides is 1. The second kappa shape index (κ2) is 7.45. The first-order valence-corrected chi connectivity index (χ1v) is 10.0. The van der Waals surface area contributed by atoms with Gasteiger partial charge in [-0.25, -0.2) is 12.8 Å². The molecule has 1 aliphatic rings. The molecular weight excluding hydrogens is 403 g/mol. The predicted octanol–water partition coefficient (Wildman–Crippen LogP) is 1.97. The second-order valence-electron chi connectivity index (χ2n) is 7.09. The zero-order chi connectivity index (χ0) is 21.4. The number of piperazine rings is 1. The molecule has 0 aliphatic carbocycles. The molecule has 1 aliphatic heterocycles. The van der Waals surface area contributed by atoms with Crippen LogP contribution in [0.25, 0.3) is 0 Å². The summed E-state index contributed by atoms with van der Waals surface area (Å²) in [5.74, 6) is -1.70. The molecule has 0 saturated carbocycles. The van der Waals surface area contributed by atoms with Crippen LogP contribution >= 0.6 is 0 Å². The van der Waals surface area contributed by atoms with Crippen LogP contribution in [0.2, 0.25) is 0 Å². The summed E-state index contributed by atoms with van der Waals surface area (Å²) in [5.41, 5.74) is -1.29. The second-order valence-corrected chi connectivity index (χ2v) is 8.98. The number of carboxylic acid groups (broad SMARTS) is 1. The first kappa shape index (κ1) is 20.7. The van der Waals surface area contributed by atoms with Crippen LogP contribution in [0.5, 0.6) is 11.5 Å². The van der Waals surface area contributed by atoms with Gasteiger partial charge in [-0.3, -0.25) is 9.59 Å². The highest BCUT2D eigenvalue weighted by Gasteiger charge is 2.50. The number of ether oxygens (including phenoxy) is 1. The van der Waals surface area contributed by atoms with Gasteiger partial charge >= 0.3 is 5.97 Å². The van der Waals surface area contributed by atoms with Gasteiger partial charge < -0.3 is 15.2 Å². The van der Waals surface area contributed by atoms with Gasteiger partial charge in [0.15, 0.2) is 0 Å². The topological polar surface area (TPSA) is 113 Å². The third-order valence-electron chi connectivity index (χ3n) is 4.45. The van der Waals surface area contributed by atoms with Crippen molar-refractivity contribution in [2.24, 2.45) is 0 Å². The molecule has 1 fully saturated rings. The zero-order valence-corrected chi connectivity index (χ0v) is 16.4. The van der Waals surface area contributed by atoms with Crippen LogP contribution in [0.4, 0.5) is 4.39 Å². The number of amides is 1. The van der Waals surface area contributed by atoms with Gasteiger partial charge in [0.2, 0.25) is 15.9 Å². The minimum Gasteiger partial charge on any atom is -0.480 e. The summed E-state index contributed by atoms with van der Waals surface area (Å²) < 4.78 is 45.3. The molecule has 1 amide bonds. The molecule has 1 atom stereocenters. The maximum atomic E-state index is 13.0. The third kappa shape index (κ3) is 4.22. The Kier molecular flexibility index (Phi) is 5.33. The molecule has 154 valence electrons. The van der Waals surface area contributed by atoms with Crippen molar-refractivity contribution in [2.45, 2.75) is 30.3 Å². The van der Waals surface area contributed by atoms with Crippen molar-refractivity contribution >= 4 is 21.9 Å². The van der Waals surface area contributed by atoms with Crippen molar-refractivity contribution in [3.63, 3.8) is 0 Å². The lowest BCUT2D eigenvalue weighted by atomic mass is 9.92. The van der Waals surface area contributed by atoms with Crippen molar-refractivity contribution in [1.29, 1.82) is 0 Å². The molecule has 0 radical (unpaired) electrons. The summed E-state index contributed by atoms with van der Waals surface area (Å²) >= 11 is 0. The quantitative estimate of drug-likeness (QED) is 0.762. The first-order chi connectivity index (χ1) is 13.5. The SMILES string of the molecule is CC1(C)NC(=O)CN(S(=O)(=O)c2ccc(Oc3ccc(F)cc3)cc2)C1C(=O)O. The lowest BCUT2D eigenvalue weighted by Gasteiger charge is -2.43. The number of carbonyl (C=O) groups is 2. The number of carboxylic acids is 1. The van der Waals surface area contributed by atoms with E-state index < -0.39 is 45.8 Å². The molecule has 0 aromatic heterocycles. The van der Waals surface area contributed by atoms with Gasteiger partial charge in [-0.1, -0.05) is 0 Å². The van der Waals surface area contributed by atoms with Gasteiger partial charge in [-0.2, -0.15) is 4.31 Å². The smallest absolute Gasteiger partial charge is 0.324 e. The summed E-state index contributed by atoms with van der Waals surface area (Å²) in [6.45, 7) is 2.30. The number of rotatable bonds is 5. The van der Waals surface area contributed by atoms with Crippen molar-refractivity contribution in [2.75, 3.05) is 6.54 Å². The largest absolute Gasteiger partial charge is 0.480 e. The molecule has 8 nitrogen and oxygen atoms in total. The summed E-state index contributed by atoms with van der Waals surface area (Å²) in [7, 11) is -4.27. The van der Waals surface area contributed by atoms with Gasteiger partial charge in [-0.05, 0) is 62.4 Å². The lowest BCUT2D eigenvalue weighted by Crippen LogP contribution is -2.69. The van der Waals surface area contributed by atoms with E-state index in [-0.39, 0.29) is 4.90 Å².